The summed E-state index contributed by atoms with van der Waals surface area (Å²) in [6.07, 6.45) is 0. The summed E-state index contributed by atoms with van der Waals surface area (Å²) in [4.78, 5) is 0. The van der Waals surface area contributed by atoms with Crippen molar-refractivity contribution in [3.8, 4) is 11.5 Å². The van der Waals surface area contributed by atoms with Gasteiger partial charge in [-0.05, 0) is 49.2 Å². The van der Waals surface area contributed by atoms with Crippen LogP contribution in [0.3, 0.4) is 0 Å². The second kappa shape index (κ2) is 11.7. The normalized spacial score (nSPS) is 11.6. The van der Waals surface area contributed by atoms with Gasteiger partial charge in [0.05, 0.1) is 0 Å². The minimum Gasteiger partial charge on any atom is -0.452 e. The van der Waals surface area contributed by atoms with E-state index in [9.17, 15) is 0 Å². The average Bonchev–Trinajstić information content (AvgIpc) is 3.66. The Bertz CT molecular complexity index is 1930. The molecule has 2 nitrogen and oxygen atoms in total. The Hall–Kier alpha value is -4.74. The zero-order valence-corrected chi connectivity index (χ0v) is 25.7. The SMILES string of the molecule is c1ccc(P(c2ccccc2)c2c(-c3oc4ccccc4c3P(c3ccccc3)c3ccccc3)oc3ccccc23)cc1. The fourth-order valence-corrected chi connectivity index (χ4v) is 11.0. The average molecular weight is 603 g/mol. The Labute approximate surface area is 259 Å². The van der Waals surface area contributed by atoms with Gasteiger partial charge in [-0.1, -0.05) is 158 Å². The van der Waals surface area contributed by atoms with Crippen molar-refractivity contribution in [1.29, 1.82) is 0 Å². The van der Waals surface area contributed by atoms with Gasteiger partial charge in [0.2, 0.25) is 0 Å². The fourth-order valence-electron chi connectivity index (χ4n) is 5.94. The van der Waals surface area contributed by atoms with Gasteiger partial charge in [0.25, 0.3) is 0 Å². The molecule has 0 saturated heterocycles. The summed E-state index contributed by atoms with van der Waals surface area (Å²) < 4.78 is 13.9. The summed E-state index contributed by atoms with van der Waals surface area (Å²) in [5, 5.41) is 9.70. The van der Waals surface area contributed by atoms with E-state index in [0.29, 0.717) is 0 Å². The van der Waals surface area contributed by atoms with Gasteiger partial charge in [-0.15, -0.1) is 0 Å². The Morgan fingerprint density at radius 2 is 0.568 bits per heavy atom. The van der Waals surface area contributed by atoms with Gasteiger partial charge >= 0.3 is 0 Å². The highest BCUT2D eigenvalue weighted by atomic mass is 31.1. The highest BCUT2D eigenvalue weighted by Gasteiger charge is 2.33. The first-order valence-electron chi connectivity index (χ1n) is 14.7. The molecule has 0 aliphatic heterocycles. The summed E-state index contributed by atoms with van der Waals surface area (Å²) in [5.41, 5.74) is 1.74. The maximum Gasteiger partial charge on any atom is 0.179 e. The van der Waals surface area contributed by atoms with Crippen molar-refractivity contribution in [2.24, 2.45) is 0 Å². The standard InChI is InChI=1S/C40H28O2P2/c1-5-17-29(18-6-1)43(30-19-7-2-8-20-30)39-33-25-13-15-27-35(33)41-37(39)38-40(34-26-14-16-28-36(34)42-38)44(31-21-9-3-10-22-31)32-23-11-4-12-24-32/h1-28H. The fraction of sp³-hybridized carbons (Fsp3) is 0. The van der Waals surface area contributed by atoms with Crippen molar-refractivity contribution in [3.05, 3.63) is 170 Å². The third kappa shape index (κ3) is 4.78. The second-order valence-corrected chi connectivity index (χ2v) is 14.9. The predicted octanol–water partition coefficient (Wildman–Crippen LogP) is 8.36. The number of furan rings is 2. The molecule has 44 heavy (non-hydrogen) atoms. The number of benzene rings is 6. The van der Waals surface area contributed by atoms with E-state index >= 15 is 0 Å². The smallest absolute Gasteiger partial charge is 0.179 e. The number of fused-ring (bicyclic) bond motifs is 2. The Balaban J connectivity index is 1.48. The van der Waals surface area contributed by atoms with Gasteiger partial charge in [-0.3, -0.25) is 0 Å². The molecule has 0 spiro atoms. The Morgan fingerprint density at radius 1 is 0.295 bits per heavy atom. The second-order valence-electron chi connectivity index (χ2n) is 10.6. The molecule has 6 aromatic carbocycles. The van der Waals surface area contributed by atoms with Crippen molar-refractivity contribution < 1.29 is 8.83 Å². The van der Waals surface area contributed by atoms with E-state index in [-0.39, 0.29) is 0 Å². The summed E-state index contributed by atoms with van der Waals surface area (Å²) in [7, 11) is -1.94. The van der Waals surface area contributed by atoms with Crippen LogP contribution in [-0.2, 0) is 0 Å². The minimum absolute atomic E-state index is 0.815. The lowest BCUT2D eigenvalue weighted by atomic mass is 10.2. The quantitative estimate of drug-likeness (QED) is 0.171. The van der Waals surface area contributed by atoms with Crippen LogP contribution in [-0.4, -0.2) is 0 Å². The number of hydrogen-bond acceptors (Lipinski definition) is 2. The molecule has 0 amide bonds. The molecule has 8 aromatic rings. The van der Waals surface area contributed by atoms with E-state index in [4.69, 9.17) is 8.83 Å². The lowest BCUT2D eigenvalue weighted by Gasteiger charge is -2.21. The molecular weight excluding hydrogens is 574 g/mol. The topological polar surface area (TPSA) is 26.3 Å². The van der Waals surface area contributed by atoms with Crippen molar-refractivity contribution in [2.45, 2.75) is 0 Å². The van der Waals surface area contributed by atoms with Crippen LogP contribution in [0.5, 0.6) is 0 Å². The highest BCUT2D eigenvalue weighted by molar-refractivity contribution is 7.81. The van der Waals surface area contributed by atoms with Crippen LogP contribution in [0.25, 0.3) is 33.5 Å². The molecule has 0 radical (unpaired) electrons. The molecule has 8 rings (SSSR count). The van der Waals surface area contributed by atoms with E-state index in [1.165, 1.54) is 31.8 Å². The molecule has 0 atom stereocenters. The third-order valence-electron chi connectivity index (χ3n) is 7.85. The molecule has 0 N–H and O–H groups in total. The molecule has 0 saturated carbocycles. The summed E-state index contributed by atoms with van der Waals surface area (Å²) >= 11 is 0. The van der Waals surface area contributed by atoms with Crippen molar-refractivity contribution in [2.75, 3.05) is 0 Å². The summed E-state index contributed by atoms with van der Waals surface area (Å²) in [6, 6.07) is 60.2. The zero-order chi connectivity index (χ0) is 29.3. The van der Waals surface area contributed by atoms with E-state index in [0.717, 1.165) is 33.5 Å². The molecule has 0 aliphatic rings. The molecule has 210 valence electrons. The van der Waals surface area contributed by atoms with Crippen molar-refractivity contribution in [3.63, 3.8) is 0 Å². The molecular formula is C40H28O2P2. The molecule has 0 fully saturated rings. The highest BCUT2D eigenvalue weighted by Crippen LogP contribution is 2.46. The van der Waals surface area contributed by atoms with Gasteiger partial charge in [-0.2, -0.15) is 0 Å². The van der Waals surface area contributed by atoms with Crippen LogP contribution in [0.2, 0.25) is 0 Å². The van der Waals surface area contributed by atoms with Gasteiger partial charge in [-0.25, -0.2) is 0 Å². The minimum atomic E-state index is -0.969. The van der Waals surface area contributed by atoms with Gasteiger partial charge in [0.15, 0.2) is 11.5 Å². The van der Waals surface area contributed by atoms with Crippen LogP contribution in [0.15, 0.2) is 179 Å². The van der Waals surface area contributed by atoms with Gasteiger partial charge in [0, 0.05) is 21.4 Å². The molecule has 0 aliphatic carbocycles. The first-order valence-corrected chi connectivity index (χ1v) is 17.4. The van der Waals surface area contributed by atoms with Gasteiger partial charge < -0.3 is 8.83 Å². The molecule has 2 aromatic heterocycles. The molecule has 2 heterocycles. The van der Waals surface area contributed by atoms with Crippen LogP contribution in [0.4, 0.5) is 0 Å². The monoisotopic (exact) mass is 602 g/mol. The van der Waals surface area contributed by atoms with Crippen molar-refractivity contribution >= 4 is 69.6 Å². The van der Waals surface area contributed by atoms with E-state index < -0.39 is 15.8 Å². The Morgan fingerprint density at radius 3 is 0.886 bits per heavy atom. The number of hydrogen-bond donors (Lipinski definition) is 0. The number of para-hydroxylation sites is 2. The molecule has 0 bridgehead atoms. The lowest BCUT2D eigenvalue weighted by Crippen LogP contribution is -2.24. The van der Waals surface area contributed by atoms with Gasteiger partial charge in [0.1, 0.15) is 11.2 Å². The first-order chi connectivity index (χ1) is 21.9. The molecule has 4 heteroatoms. The van der Waals surface area contributed by atoms with E-state index in [2.05, 4.69) is 158 Å². The predicted molar refractivity (Wildman–Crippen MR) is 189 cm³/mol. The Kier molecular flexibility index (Phi) is 7.17. The largest absolute Gasteiger partial charge is 0.452 e. The maximum absolute atomic E-state index is 6.93. The lowest BCUT2D eigenvalue weighted by molar-refractivity contribution is 0.573. The van der Waals surface area contributed by atoms with Crippen LogP contribution < -0.4 is 31.8 Å². The van der Waals surface area contributed by atoms with Crippen LogP contribution in [0, 0.1) is 0 Å². The maximum atomic E-state index is 6.93. The van der Waals surface area contributed by atoms with Crippen molar-refractivity contribution in [1.82, 2.24) is 0 Å². The number of rotatable bonds is 7. The van der Waals surface area contributed by atoms with E-state index in [1.54, 1.807) is 0 Å². The zero-order valence-electron chi connectivity index (χ0n) is 23.9. The third-order valence-corrected chi connectivity index (χ3v) is 12.9. The first kappa shape index (κ1) is 26.9. The summed E-state index contributed by atoms with van der Waals surface area (Å²) in [5.74, 6) is 1.63. The van der Waals surface area contributed by atoms with Crippen LogP contribution in [0.1, 0.15) is 0 Å². The van der Waals surface area contributed by atoms with Crippen LogP contribution >= 0.6 is 15.8 Å². The molecule has 0 unspecified atom stereocenters. The van der Waals surface area contributed by atoms with E-state index in [1.807, 2.05) is 12.1 Å². The summed E-state index contributed by atoms with van der Waals surface area (Å²) in [6.45, 7) is 0.